The minimum Gasteiger partial charge on any atom is -0.314 e. The summed E-state index contributed by atoms with van der Waals surface area (Å²) in [5, 5.41) is 3.23. The molecule has 0 aromatic heterocycles. The number of halogens is 4. The van der Waals surface area contributed by atoms with Crippen molar-refractivity contribution in [1.29, 1.82) is 0 Å². The van der Waals surface area contributed by atoms with Gasteiger partial charge >= 0.3 is 6.18 Å². The van der Waals surface area contributed by atoms with Gasteiger partial charge in [0.25, 0.3) is 0 Å². The van der Waals surface area contributed by atoms with Gasteiger partial charge in [-0.1, -0.05) is 12.1 Å². The predicted octanol–water partition coefficient (Wildman–Crippen LogP) is 3.76. The van der Waals surface area contributed by atoms with E-state index in [1.54, 1.807) is 6.08 Å². The Bertz CT molecular complexity index is 507. The summed E-state index contributed by atoms with van der Waals surface area (Å²) < 4.78 is 51.8. The van der Waals surface area contributed by atoms with Crippen molar-refractivity contribution in [1.82, 2.24) is 10.2 Å². The molecule has 1 aromatic rings. The number of piperazine rings is 1. The number of allylic oxidation sites excluding steroid dienone is 1. The highest BCUT2D eigenvalue weighted by molar-refractivity contribution is 5.29. The van der Waals surface area contributed by atoms with E-state index in [4.69, 9.17) is 0 Å². The second-order valence-corrected chi connectivity index (χ2v) is 5.40. The van der Waals surface area contributed by atoms with E-state index in [0.29, 0.717) is 12.0 Å². The second-order valence-electron chi connectivity index (χ2n) is 5.40. The number of hydrogen-bond donors (Lipinski definition) is 1. The van der Waals surface area contributed by atoms with Crippen molar-refractivity contribution < 1.29 is 17.6 Å². The molecule has 1 N–H and O–H groups in total. The fourth-order valence-corrected chi connectivity index (χ4v) is 2.80. The molecular weight excluding hydrogens is 296 g/mol. The van der Waals surface area contributed by atoms with Crippen LogP contribution in [0, 0.1) is 5.82 Å². The summed E-state index contributed by atoms with van der Waals surface area (Å²) in [7, 11) is 0. The Labute approximate surface area is 127 Å². The molecular formula is C16H20F4N2. The molecule has 1 heterocycles. The van der Waals surface area contributed by atoms with Crippen LogP contribution in [0.15, 0.2) is 30.9 Å². The molecule has 0 unspecified atom stereocenters. The second kappa shape index (κ2) is 7.24. The van der Waals surface area contributed by atoms with Gasteiger partial charge in [-0.3, -0.25) is 4.90 Å². The summed E-state index contributed by atoms with van der Waals surface area (Å²) in [5.41, 5.74) is -0.617. The normalized spacial score (nSPS) is 18.2. The molecule has 1 fully saturated rings. The van der Waals surface area contributed by atoms with Crippen molar-refractivity contribution in [2.45, 2.75) is 25.1 Å². The first kappa shape index (κ1) is 17.0. The van der Waals surface area contributed by atoms with Gasteiger partial charge in [-0.2, -0.15) is 13.2 Å². The summed E-state index contributed by atoms with van der Waals surface area (Å²) in [6.45, 7) is 6.93. The maximum absolute atomic E-state index is 13.8. The van der Waals surface area contributed by atoms with Crippen LogP contribution in [-0.4, -0.2) is 31.1 Å². The third-order valence-electron chi connectivity index (χ3n) is 3.92. The molecule has 2 rings (SSSR count). The maximum atomic E-state index is 13.8. The minimum atomic E-state index is -4.66. The lowest BCUT2D eigenvalue weighted by molar-refractivity contribution is -0.140. The van der Waals surface area contributed by atoms with Crippen LogP contribution in [0.3, 0.4) is 0 Å². The van der Waals surface area contributed by atoms with E-state index in [1.165, 1.54) is 6.07 Å². The Balaban J connectivity index is 2.26. The summed E-state index contributed by atoms with van der Waals surface area (Å²) in [5.74, 6) is -1.20. The van der Waals surface area contributed by atoms with Gasteiger partial charge in [-0.25, -0.2) is 4.39 Å². The van der Waals surface area contributed by atoms with Crippen LogP contribution in [0.1, 0.15) is 30.0 Å². The highest BCUT2D eigenvalue weighted by Gasteiger charge is 2.34. The van der Waals surface area contributed by atoms with Gasteiger partial charge in [0.05, 0.1) is 5.56 Å². The summed E-state index contributed by atoms with van der Waals surface area (Å²) >= 11 is 0. The molecule has 1 aromatic carbocycles. The van der Waals surface area contributed by atoms with Crippen molar-refractivity contribution >= 4 is 0 Å². The molecule has 0 spiro atoms. The molecule has 1 atom stereocenters. The number of hydrogen-bond acceptors (Lipinski definition) is 2. The first-order valence-electron chi connectivity index (χ1n) is 7.36. The zero-order valence-electron chi connectivity index (χ0n) is 12.3. The Hall–Kier alpha value is -1.40. The number of nitrogens with zero attached hydrogens (tertiary/aromatic N) is 1. The van der Waals surface area contributed by atoms with Gasteiger partial charge in [0.2, 0.25) is 0 Å². The van der Waals surface area contributed by atoms with Gasteiger partial charge < -0.3 is 5.32 Å². The maximum Gasteiger partial charge on any atom is 0.419 e. The van der Waals surface area contributed by atoms with E-state index in [9.17, 15) is 17.6 Å². The van der Waals surface area contributed by atoms with Crippen LogP contribution in [0.25, 0.3) is 0 Å². The quantitative estimate of drug-likeness (QED) is 0.657. The van der Waals surface area contributed by atoms with Gasteiger partial charge in [0, 0.05) is 32.2 Å². The van der Waals surface area contributed by atoms with Crippen molar-refractivity contribution in [2.75, 3.05) is 26.2 Å². The molecule has 1 aliphatic heterocycles. The van der Waals surface area contributed by atoms with E-state index in [0.717, 1.165) is 44.7 Å². The highest BCUT2D eigenvalue weighted by Crippen LogP contribution is 2.34. The third-order valence-corrected chi connectivity index (χ3v) is 3.92. The molecule has 22 heavy (non-hydrogen) atoms. The van der Waals surface area contributed by atoms with E-state index < -0.39 is 17.6 Å². The van der Waals surface area contributed by atoms with Crippen molar-refractivity contribution in [3.05, 3.63) is 47.8 Å². The lowest BCUT2D eigenvalue weighted by Crippen LogP contribution is -2.45. The fraction of sp³-hybridized carbons (Fsp3) is 0.500. The Kier molecular flexibility index (Phi) is 5.58. The van der Waals surface area contributed by atoms with Crippen molar-refractivity contribution in [3.8, 4) is 0 Å². The highest BCUT2D eigenvalue weighted by atomic mass is 19.4. The SMILES string of the molecule is C=CCC[C@@H](c1ccc(C(F)(F)F)c(F)c1)N1CCNCC1. The van der Waals surface area contributed by atoms with E-state index in [2.05, 4.69) is 16.8 Å². The molecule has 122 valence electrons. The van der Waals surface area contributed by atoms with Crippen LogP contribution < -0.4 is 5.32 Å². The molecule has 1 aliphatic rings. The molecule has 0 amide bonds. The number of nitrogens with one attached hydrogen (secondary N) is 1. The van der Waals surface area contributed by atoms with Gasteiger partial charge in [-0.15, -0.1) is 6.58 Å². The topological polar surface area (TPSA) is 15.3 Å². The lowest BCUT2D eigenvalue weighted by Gasteiger charge is -2.35. The van der Waals surface area contributed by atoms with Gasteiger partial charge in [0.1, 0.15) is 5.82 Å². The largest absolute Gasteiger partial charge is 0.419 e. The standard InChI is InChI=1S/C16H20F4N2/c1-2-3-4-15(22-9-7-21-8-10-22)12-5-6-13(14(17)11-12)16(18,19)20/h2,5-6,11,15,21H,1,3-4,7-10H2/t15-/m0/s1. The van der Waals surface area contributed by atoms with E-state index >= 15 is 0 Å². The molecule has 2 nitrogen and oxygen atoms in total. The lowest BCUT2D eigenvalue weighted by atomic mass is 9.98. The first-order chi connectivity index (χ1) is 10.4. The third kappa shape index (κ3) is 4.08. The average Bonchev–Trinajstić information content (AvgIpc) is 2.47. The monoisotopic (exact) mass is 316 g/mol. The predicted molar refractivity (Wildman–Crippen MR) is 78.0 cm³/mol. The fourth-order valence-electron chi connectivity index (χ4n) is 2.80. The zero-order chi connectivity index (χ0) is 16.2. The molecule has 0 radical (unpaired) electrons. The molecule has 0 bridgehead atoms. The average molecular weight is 316 g/mol. The van der Waals surface area contributed by atoms with Gasteiger partial charge in [-0.05, 0) is 30.5 Å². The summed E-state index contributed by atoms with van der Waals surface area (Å²) in [4.78, 5) is 2.18. The molecule has 1 saturated heterocycles. The van der Waals surface area contributed by atoms with E-state index in [1.807, 2.05) is 0 Å². The molecule has 0 saturated carbocycles. The number of benzene rings is 1. The minimum absolute atomic E-state index is 0.0862. The summed E-state index contributed by atoms with van der Waals surface area (Å²) in [6.07, 6.45) is -1.44. The van der Waals surface area contributed by atoms with Crippen LogP contribution >= 0.6 is 0 Å². The van der Waals surface area contributed by atoms with Gasteiger partial charge in [0.15, 0.2) is 0 Å². The smallest absolute Gasteiger partial charge is 0.314 e. The van der Waals surface area contributed by atoms with Crippen LogP contribution in [0.4, 0.5) is 17.6 Å². The molecule has 6 heteroatoms. The summed E-state index contributed by atoms with van der Waals surface area (Å²) in [6, 6.07) is 3.17. The first-order valence-corrected chi connectivity index (χ1v) is 7.36. The van der Waals surface area contributed by atoms with Crippen LogP contribution in [-0.2, 0) is 6.18 Å². The van der Waals surface area contributed by atoms with Crippen molar-refractivity contribution in [3.63, 3.8) is 0 Å². The Morgan fingerprint density at radius 2 is 1.95 bits per heavy atom. The van der Waals surface area contributed by atoms with E-state index in [-0.39, 0.29) is 6.04 Å². The van der Waals surface area contributed by atoms with Crippen LogP contribution in [0.5, 0.6) is 0 Å². The number of alkyl halides is 3. The van der Waals surface area contributed by atoms with Crippen molar-refractivity contribution in [2.24, 2.45) is 0 Å². The van der Waals surface area contributed by atoms with Crippen LogP contribution in [0.2, 0.25) is 0 Å². The zero-order valence-corrected chi connectivity index (χ0v) is 12.3. The Morgan fingerprint density at radius 1 is 1.27 bits per heavy atom. The Morgan fingerprint density at radius 3 is 2.50 bits per heavy atom. The molecule has 0 aliphatic carbocycles. The number of rotatable bonds is 5.